The molecule has 113 valence electrons. The maximum atomic E-state index is 8.25. The van der Waals surface area contributed by atoms with E-state index in [4.69, 9.17) is 40.8 Å². The first-order valence-corrected chi connectivity index (χ1v) is 1.46. The van der Waals surface area contributed by atoms with E-state index in [1.54, 1.807) is 0 Å². The van der Waals surface area contributed by atoms with Crippen LogP contribution < -0.4 is 0 Å². The molecule has 0 spiro atoms. The van der Waals surface area contributed by atoms with Gasteiger partial charge in [0.15, 0.2) is 0 Å². The normalized spacial score (nSPS) is 3.53. The van der Waals surface area contributed by atoms with Gasteiger partial charge in [0.2, 0.25) is 0 Å². The van der Waals surface area contributed by atoms with Crippen molar-refractivity contribution in [1.82, 2.24) is 0 Å². The minimum atomic E-state index is -1.75. The Kier molecular flexibility index (Phi) is 426. The molecule has 16 nitrogen and oxygen atoms in total. The van der Waals surface area contributed by atoms with Crippen LogP contribution in [0.4, 0.5) is 0 Å². The predicted octanol–water partition coefficient (Wildman–Crippen LogP) is 3.36. The Morgan fingerprint density at radius 1 is 0.706 bits per heavy atom. The fourth-order valence-electron chi connectivity index (χ4n) is 0. The molecule has 0 amide bonds. The van der Waals surface area contributed by atoms with E-state index in [9.17, 15) is 0 Å². The third-order valence-corrected chi connectivity index (χ3v) is 0. The second-order valence-electron chi connectivity index (χ2n) is 0.522. The van der Waals surface area contributed by atoms with Crippen molar-refractivity contribution in [2.75, 3.05) is 0 Å². The Hall–Kier alpha value is -1.78. The van der Waals surface area contributed by atoms with Crippen LogP contribution in [0.3, 0.4) is 0 Å². The van der Waals surface area contributed by atoms with Crippen LogP contribution in [0.15, 0.2) is 5.34 Å². The molecule has 0 heterocycles. The van der Waals surface area contributed by atoms with E-state index >= 15 is 0 Å². The molecule has 0 saturated carbocycles. The summed E-state index contributed by atoms with van der Waals surface area (Å²) < 4.78 is 0. The standard InChI is InChI=1S/2NO3.HNO2.5H2N.Rh/c2*2-1(3)4;2-1-3;;;;;;/h;;(H,2,3);5*1H2;/q2*-1;;5*-1;+2/p-1. The molecule has 0 aromatic carbocycles. The van der Waals surface area contributed by atoms with Crippen LogP contribution in [0, 0.1) is 40.8 Å². The third kappa shape index (κ3) is 673. The van der Waals surface area contributed by atoms with Crippen molar-refractivity contribution in [3.8, 4) is 0 Å². The van der Waals surface area contributed by atoms with Crippen LogP contribution in [0.5, 0.6) is 0 Å². The average Bonchev–Trinajstić information content (AvgIpc) is 1.60. The molecular weight excluding hydrogens is 343 g/mol. The third-order valence-electron chi connectivity index (χ3n) is 0. The van der Waals surface area contributed by atoms with Crippen LogP contribution in [-0.2, 0) is 19.5 Å². The van der Waals surface area contributed by atoms with E-state index in [1.807, 2.05) is 0 Å². The van der Waals surface area contributed by atoms with Crippen LogP contribution >= 0.6 is 0 Å². The minimum absolute atomic E-state index is 0. The van der Waals surface area contributed by atoms with Crippen molar-refractivity contribution in [3.63, 3.8) is 0 Å². The summed E-state index contributed by atoms with van der Waals surface area (Å²) in [5.41, 5.74) is 0. The molecule has 1 radical (unpaired) electrons. The molecule has 17 heavy (non-hydrogen) atoms. The molecule has 10 N–H and O–H groups in total. The summed E-state index contributed by atoms with van der Waals surface area (Å²) >= 11 is 0. The van der Waals surface area contributed by atoms with Gasteiger partial charge in [-0.1, -0.05) is 0 Å². The average molecular weight is 353 g/mol. The largest absolute Gasteiger partial charge is 2.00 e. The number of nitrogens with zero attached hydrogens (tertiary/aromatic N) is 3. The molecule has 0 aromatic rings. The monoisotopic (exact) mass is 353 g/mol. The molecule has 0 rings (SSSR count). The SMILES string of the molecule is O=N[O-].O=[N+]([O-])[O-].O=[N+]([O-])[O-].[NH2-].[NH2-].[NH2-].[NH2-].[NH2-].[Rh+2]. The van der Waals surface area contributed by atoms with E-state index in [0.717, 1.165) is 5.34 Å². The maximum absolute atomic E-state index is 8.25. The van der Waals surface area contributed by atoms with Crippen LogP contribution in [0.2, 0.25) is 0 Å². The van der Waals surface area contributed by atoms with E-state index in [-0.39, 0.29) is 50.2 Å². The molecule has 0 fully saturated rings. The Labute approximate surface area is 107 Å². The summed E-state index contributed by atoms with van der Waals surface area (Å²) in [7, 11) is 0. The molecule has 0 unspecified atom stereocenters. The van der Waals surface area contributed by atoms with Gasteiger partial charge in [0.1, 0.15) is 0 Å². The maximum Gasteiger partial charge on any atom is 2.00 e. The van der Waals surface area contributed by atoms with Crippen molar-refractivity contribution in [2.24, 2.45) is 5.34 Å². The fraction of sp³-hybridized carbons (Fsp3) is 0. The van der Waals surface area contributed by atoms with Gasteiger partial charge in [-0.05, 0) is 0 Å². The van der Waals surface area contributed by atoms with Gasteiger partial charge in [0, 0.05) is 0 Å². The first kappa shape index (κ1) is 79.5. The van der Waals surface area contributed by atoms with Crippen molar-refractivity contribution in [2.45, 2.75) is 0 Å². The zero-order valence-electron chi connectivity index (χ0n) is 7.83. The van der Waals surface area contributed by atoms with Crippen LogP contribution in [-0.4, -0.2) is 10.2 Å². The van der Waals surface area contributed by atoms with E-state index in [2.05, 4.69) is 0 Å². The van der Waals surface area contributed by atoms with Crippen molar-refractivity contribution in [1.29, 1.82) is 0 Å². The Morgan fingerprint density at radius 3 is 0.706 bits per heavy atom. The van der Waals surface area contributed by atoms with Crippen molar-refractivity contribution in [3.05, 3.63) is 71.5 Å². The molecule has 17 heteroatoms. The van der Waals surface area contributed by atoms with Crippen molar-refractivity contribution >= 4 is 0 Å². The van der Waals surface area contributed by atoms with Gasteiger partial charge in [-0.2, -0.15) is 0 Å². The fourth-order valence-corrected chi connectivity index (χ4v) is 0. The molecule has 0 aliphatic heterocycles. The van der Waals surface area contributed by atoms with Crippen LogP contribution in [0.25, 0.3) is 30.8 Å². The number of rotatable bonds is 0. The molecule has 0 aliphatic carbocycles. The van der Waals surface area contributed by atoms with Crippen LogP contribution in [0.1, 0.15) is 0 Å². The molecule has 0 aliphatic rings. The quantitative estimate of drug-likeness (QED) is 0.268. The van der Waals surface area contributed by atoms with Gasteiger partial charge in [-0.3, -0.25) is 0 Å². The van der Waals surface area contributed by atoms with Gasteiger partial charge < -0.3 is 71.5 Å². The van der Waals surface area contributed by atoms with Gasteiger partial charge >= 0.3 is 19.5 Å². The summed E-state index contributed by atoms with van der Waals surface area (Å²) in [6, 6.07) is 0. The van der Waals surface area contributed by atoms with Gasteiger partial charge in [-0.25, -0.2) is 0 Å². The van der Waals surface area contributed by atoms with E-state index < -0.39 is 10.2 Å². The first-order chi connectivity index (χ1) is 4.88. The topological polar surface area (TPSA) is 352 Å². The summed E-state index contributed by atoms with van der Waals surface area (Å²) in [6.07, 6.45) is 0. The molecular formula is H10N8O8Rh-6. The second kappa shape index (κ2) is 91.2. The van der Waals surface area contributed by atoms with Gasteiger partial charge in [0.25, 0.3) is 0 Å². The van der Waals surface area contributed by atoms with Gasteiger partial charge in [-0.15, -0.1) is 5.34 Å². The predicted molar refractivity (Wildman–Crippen MR) is 56.3 cm³/mol. The first-order valence-electron chi connectivity index (χ1n) is 1.46. The molecule has 0 atom stereocenters. The Morgan fingerprint density at radius 2 is 0.706 bits per heavy atom. The van der Waals surface area contributed by atoms with Gasteiger partial charge in [0.05, 0.1) is 10.2 Å². The van der Waals surface area contributed by atoms with Crippen molar-refractivity contribution < 1.29 is 29.7 Å². The molecule has 0 aromatic heterocycles. The summed E-state index contributed by atoms with van der Waals surface area (Å²) in [5, 5.41) is 38.5. The summed E-state index contributed by atoms with van der Waals surface area (Å²) in [5.74, 6) is 0. The zero-order chi connectivity index (χ0) is 9.86. The Bertz CT molecular complexity index is 109. The Balaban J connectivity index is -0.00000000691. The summed E-state index contributed by atoms with van der Waals surface area (Å²) in [4.78, 5) is 24.5. The number of hydrogen-bond acceptors (Lipinski definition) is 9. The number of nitrogens with two attached hydrogens (primary N) is 5. The zero-order valence-corrected chi connectivity index (χ0v) is 9.47. The second-order valence-corrected chi connectivity index (χ2v) is 0.522. The minimum Gasteiger partial charge on any atom is -0.693 e. The molecule has 0 saturated heterocycles. The van der Waals surface area contributed by atoms with E-state index in [0.29, 0.717) is 0 Å². The summed E-state index contributed by atoms with van der Waals surface area (Å²) in [6.45, 7) is 0. The van der Waals surface area contributed by atoms with E-state index in [1.165, 1.54) is 0 Å². The number of hydrogen-bond donors (Lipinski definition) is 0. The smallest absolute Gasteiger partial charge is 0.693 e. The molecule has 0 bridgehead atoms.